The van der Waals surface area contributed by atoms with Crippen LogP contribution in [0.2, 0.25) is 0 Å². The summed E-state index contributed by atoms with van der Waals surface area (Å²) in [5, 5.41) is 1.73. The van der Waals surface area contributed by atoms with E-state index in [1.807, 2.05) is 31.2 Å². The normalized spacial score (nSPS) is 20.9. The predicted octanol–water partition coefficient (Wildman–Crippen LogP) is 6.30. The van der Waals surface area contributed by atoms with Crippen molar-refractivity contribution < 1.29 is 26.7 Å². The first-order valence-corrected chi connectivity index (χ1v) is 13.8. The highest BCUT2D eigenvalue weighted by Crippen LogP contribution is 2.38. The average Bonchev–Trinajstić information content (AvgIpc) is 3.12. The molecule has 1 saturated heterocycles. The Kier molecular flexibility index (Phi) is 8.28. The summed E-state index contributed by atoms with van der Waals surface area (Å²) in [6.45, 7) is 8.27. The van der Waals surface area contributed by atoms with Gasteiger partial charge in [-0.15, -0.1) is 24.5 Å². The standard InChI is InChI=1S/C26H31F3N2O3S2/c1-17-12-18(2)15-30(14-17)21(13-20-8-10-22(11-9-20)34-26(27,28)29)16-31(36(32)33)25-19(3)23-6-4-5-7-24(23)35-25/h4-11,17-18,21H,12-16H2,1-3H3,(H,32,33)/p-1. The summed E-state index contributed by atoms with van der Waals surface area (Å²) in [5.74, 6) is 0.665. The van der Waals surface area contributed by atoms with E-state index in [1.165, 1.54) is 27.8 Å². The van der Waals surface area contributed by atoms with E-state index in [4.69, 9.17) is 0 Å². The molecule has 1 aromatic heterocycles. The highest BCUT2D eigenvalue weighted by Gasteiger charge is 2.32. The molecule has 1 aliphatic rings. The number of benzene rings is 2. The topological polar surface area (TPSA) is 55.8 Å². The van der Waals surface area contributed by atoms with Crippen LogP contribution >= 0.6 is 11.3 Å². The third-order valence-corrected chi connectivity index (χ3v) is 8.75. The Labute approximate surface area is 216 Å². The fraction of sp³-hybridized carbons (Fsp3) is 0.462. The highest BCUT2D eigenvalue weighted by atomic mass is 32.2. The fourth-order valence-corrected chi connectivity index (χ4v) is 7.21. The van der Waals surface area contributed by atoms with Gasteiger partial charge in [0.05, 0.1) is 0 Å². The summed E-state index contributed by atoms with van der Waals surface area (Å²) < 4.78 is 69.2. The molecule has 0 aliphatic carbocycles. The first-order chi connectivity index (χ1) is 17.0. The summed E-state index contributed by atoms with van der Waals surface area (Å²) >= 11 is -1.03. The van der Waals surface area contributed by atoms with E-state index < -0.39 is 17.6 Å². The molecule has 1 aliphatic heterocycles. The van der Waals surface area contributed by atoms with Gasteiger partial charge in [0.25, 0.3) is 0 Å². The van der Waals surface area contributed by atoms with E-state index in [2.05, 4.69) is 23.5 Å². The van der Waals surface area contributed by atoms with Gasteiger partial charge in [-0.25, -0.2) is 0 Å². The molecule has 10 heteroatoms. The number of aryl methyl sites for hydroxylation is 1. The summed E-state index contributed by atoms with van der Waals surface area (Å²) in [4.78, 5) is 2.33. The summed E-state index contributed by atoms with van der Waals surface area (Å²) in [7, 11) is 0. The molecule has 4 unspecified atom stereocenters. The SMILES string of the molecule is Cc1c(N(CC(Cc2ccc(OC(F)(F)F)cc2)N2CC(C)CC(C)C2)S(=O)[O-])sc2ccccc12. The molecule has 36 heavy (non-hydrogen) atoms. The number of thiophene rings is 1. The maximum Gasteiger partial charge on any atom is 0.573 e. The minimum absolute atomic E-state index is 0.146. The van der Waals surface area contributed by atoms with Gasteiger partial charge in [0.1, 0.15) is 10.8 Å². The third-order valence-electron chi connectivity index (χ3n) is 6.64. The van der Waals surface area contributed by atoms with Crippen LogP contribution in [0.3, 0.4) is 0 Å². The zero-order valence-electron chi connectivity index (χ0n) is 20.5. The molecular formula is C26H30F3N2O3S2-. The number of nitrogens with zero attached hydrogens (tertiary/aromatic N) is 2. The van der Waals surface area contributed by atoms with Crippen molar-refractivity contribution >= 4 is 37.7 Å². The first-order valence-electron chi connectivity index (χ1n) is 11.9. The largest absolute Gasteiger partial charge is 0.755 e. The van der Waals surface area contributed by atoms with Crippen LogP contribution in [0.15, 0.2) is 48.5 Å². The molecule has 0 radical (unpaired) electrons. The van der Waals surface area contributed by atoms with E-state index in [9.17, 15) is 21.9 Å². The van der Waals surface area contributed by atoms with Crippen molar-refractivity contribution in [3.8, 4) is 5.75 Å². The van der Waals surface area contributed by atoms with Crippen molar-refractivity contribution in [2.24, 2.45) is 11.8 Å². The number of halogens is 3. The van der Waals surface area contributed by atoms with Crippen molar-refractivity contribution in [3.05, 3.63) is 59.7 Å². The Morgan fingerprint density at radius 1 is 1.14 bits per heavy atom. The molecule has 0 N–H and O–H groups in total. The van der Waals surface area contributed by atoms with Gasteiger partial charge in [0.2, 0.25) is 0 Å². The zero-order valence-corrected chi connectivity index (χ0v) is 22.1. The molecule has 0 amide bonds. The number of hydrogen-bond donors (Lipinski definition) is 0. The lowest BCUT2D eigenvalue weighted by molar-refractivity contribution is -0.274. The van der Waals surface area contributed by atoms with Crippen LogP contribution in [0.4, 0.5) is 18.2 Å². The van der Waals surface area contributed by atoms with Gasteiger partial charge in [-0.2, -0.15) is 0 Å². The van der Waals surface area contributed by atoms with E-state index in [-0.39, 0.29) is 18.3 Å². The Bertz CT molecular complexity index is 1190. The van der Waals surface area contributed by atoms with Crippen molar-refractivity contribution in [2.75, 3.05) is 23.9 Å². The van der Waals surface area contributed by atoms with E-state index >= 15 is 0 Å². The third kappa shape index (κ3) is 6.59. The number of alkyl halides is 3. The molecule has 4 atom stereocenters. The van der Waals surface area contributed by atoms with Crippen LogP contribution in [0.1, 0.15) is 31.4 Å². The lowest BCUT2D eigenvalue weighted by atomic mass is 9.90. The number of anilines is 1. The summed E-state index contributed by atoms with van der Waals surface area (Å²) in [6, 6.07) is 13.6. The number of fused-ring (bicyclic) bond motifs is 1. The second-order valence-electron chi connectivity index (χ2n) is 9.76. The van der Waals surface area contributed by atoms with Crippen LogP contribution in [0.5, 0.6) is 5.75 Å². The Balaban J connectivity index is 1.63. The molecule has 0 spiro atoms. The Morgan fingerprint density at radius 2 is 1.78 bits per heavy atom. The van der Waals surface area contributed by atoms with Gasteiger partial charge in [-0.1, -0.05) is 44.2 Å². The highest BCUT2D eigenvalue weighted by molar-refractivity contribution is 7.81. The lowest BCUT2D eigenvalue weighted by Gasteiger charge is -2.42. The van der Waals surface area contributed by atoms with Crippen LogP contribution in [0.25, 0.3) is 10.1 Å². The number of likely N-dealkylation sites (tertiary alicyclic amines) is 1. The monoisotopic (exact) mass is 539 g/mol. The second-order valence-corrected chi connectivity index (χ2v) is 11.7. The smallest absolute Gasteiger partial charge is 0.573 e. The second kappa shape index (κ2) is 11.1. The number of piperidine rings is 1. The van der Waals surface area contributed by atoms with Crippen molar-refractivity contribution in [3.63, 3.8) is 0 Å². The van der Waals surface area contributed by atoms with Crippen LogP contribution < -0.4 is 9.04 Å². The molecule has 3 aromatic rings. The number of rotatable bonds is 8. The molecule has 1 fully saturated rings. The van der Waals surface area contributed by atoms with E-state index in [0.29, 0.717) is 23.3 Å². The van der Waals surface area contributed by atoms with Crippen LogP contribution in [-0.2, 0) is 17.7 Å². The molecule has 196 valence electrons. The van der Waals surface area contributed by atoms with E-state index in [0.717, 1.165) is 40.7 Å². The fourth-order valence-electron chi connectivity index (χ4n) is 5.22. The predicted molar refractivity (Wildman–Crippen MR) is 138 cm³/mol. The van der Waals surface area contributed by atoms with Crippen molar-refractivity contribution in [2.45, 2.75) is 46.0 Å². The van der Waals surface area contributed by atoms with Crippen molar-refractivity contribution in [1.82, 2.24) is 4.90 Å². The number of hydrogen-bond acceptors (Lipinski definition) is 5. The van der Waals surface area contributed by atoms with Gasteiger partial charge in [-0.3, -0.25) is 13.4 Å². The average molecular weight is 540 g/mol. The Hall–Kier alpha value is -2.14. The quantitative estimate of drug-likeness (QED) is 0.316. The maximum atomic E-state index is 12.6. The van der Waals surface area contributed by atoms with Gasteiger partial charge in [-0.05, 0) is 66.3 Å². The molecule has 2 aromatic carbocycles. The Morgan fingerprint density at radius 3 is 2.36 bits per heavy atom. The van der Waals surface area contributed by atoms with Crippen LogP contribution in [-0.4, -0.2) is 45.7 Å². The summed E-state index contributed by atoms with van der Waals surface area (Å²) in [5.41, 5.74) is 1.75. The summed E-state index contributed by atoms with van der Waals surface area (Å²) in [6.07, 6.45) is -3.13. The maximum absolute atomic E-state index is 12.6. The zero-order chi connectivity index (χ0) is 26.0. The molecule has 4 rings (SSSR count). The molecule has 0 bridgehead atoms. The minimum atomic E-state index is -4.75. The molecular weight excluding hydrogens is 509 g/mol. The minimum Gasteiger partial charge on any atom is -0.755 e. The van der Waals surface area contributed by atoms with Crippen molar-refractivity contribution in [1.29, 1.82) is 0 Å². The van der Waals surface area contributed by atoms with Crippen LogP contribution in [0, 0.1) is 18.8 Å². The van der Waals surface area contributed by atoms with Gasteiger partial charge in [0, 0.05) is 41.6 Å². The van der Waals surface area contributed by atoms with Gasteiger partial charge in [0.15, 0.2) is 0 Å². The molecule has 2 heterocycles. The lowest BCUT2D eigenvalue weighted by Crippen LogP contribution is -2.51. The first kappa shape index (κ1) is 26.9. The van der Waals surface area contributed by atoms with Gasteiger partial charge < -0.3 is 9.29 Å². The molecule has 0 saturated carbocycles. The molecule has 5 nitrogen and oxygen atoms in total. The van der Waals surface area contributed by atoms with Gasteiger partial charge >= 0.3 is 6.36 Å². The number of ether oxygens (including phenoxy) is 1. The van der Waals surface area contributed by atoms with E-state index in [1.54, 1.807) is 12.1 Å².